The maximum atomic E-state index is 12.7. The minimum absolute atomic E-state index is 0.132. The summed E-state index contributed by atoms with van der Waals surface area (Å²) in [5.41, 5.74) is 2.02. The fourth-order valence-corrected chi connectivity index (χ4v) is 3.57. The van der Waals surface area contributed by atoms with Crippen LogP contribution in [0.5, 0.6) is 0 Å². The monoisotopic (exact) mass is 395 g/mol. The number of nitrogens with zero attached hydrogens (tertiary/aromatic N) is 4. The lowest BCUT2D eigenvalue weighted by Gasteiger charge is -2.34. The molecule has 1 aromatic carbocycles. The predicted octanol–water partition coefficient (Wildman–Crippen LogP) is 0.993. The Morgan fingerprint density at radius 1 is 1.19 bits per heavy atom. The molecule has 0 radical (unpaired) electrons. The highest BCUT2D eigenvalue weighted by molar-refractivity contribution is 7.80. The second-order valence-corrected chi connectivity index (χ2v) is 7.07. The number of piperazine rings is 1. The summed E-state index contributed by atoms with van der Waals surface area (Å²) >= 11 is -1.03. The van der Waals surface area contributed by atoms with E-state index >= 15 is 0 Å². The van der Waals surface area contributed by atoms with Gasteiger partial charge in [-0.15, -0.1) is 5.10 Å². The SMILES string of the molecule is Cc1cc(C(=O)N2CCN(C(=O)c3csnn3)CC2)ccc1NS(=O)O. The summed E-state index contributed by atoms with van der Waals surface area (Å²) in [6, 6.07) is 4.89. The van der Waals surface area contributed by atoms with E-state index in [4.69, 9.17) is 4.55 Å². The number of hydrogen-bond acceptors (Lipinski definition) is 6. The zero-order valence-electron chi connectivity index (χ0n) is 13.9. The summed E-state index contributed by atoms with van der Waals surface area (Å²) in [5.74, 6) is -0.304. The summed E-state index contributed by atoms with van der Waals surface area (Å²) in [6.07, 6.45) is 0. The van der Waals surface area contributed by atoms with Crippen LogP contribution in [0.2, 0.25) is 0 Å². The number of aryl methyl sites for hydroxylation is 1. The minimum Gasteiger partial charge on any atom is -0.335 e. The highest BCUT2D eigenvalue weighted by Gasteiger charge is 2.26. The van der Waals surface area contributed by atoms with Crippen LogP contribution in [0.4, 0.5) is 5.69 Å². The van der Waals surface area contributed by atoms with Crippen LogP contribution in [-0.2, 0) is 11.3 Å². The Balaban J connectivity index is 1.62. The van der Waals surface area contributed by atoms with Crippen LogP contribution in [0.15, 0.2) is 23.6 Å². The molecule has 11 heteroatoms. The molecule has 2 heterocycles. The van der Waals surface area contributed by atoms with Crippen molar-refractivity contribution < 1.29 is 18.4 Å². The first-order valence-electron chi connectivity index (χ1n) is 7.79. The number of benzene rings is 1. The molecule has 26 heavy (non-hydrogen) atoms. The van der Waals surface area contributed by atoms with Crippen LogP contribution in [0.1, 0.15) is 26.4 Å². The van der Waals surface area contributed by atoms with Crippen molar-refractivity contribution in [2.24, 2.45) is 0 Å². The standard InChI is InChI=1S/C15H17N5O4S2/c1-10-8-11(2-3-12(10)17-26(23)24)14(21)19-4-6-20(7-5-19)15(22)13-9-25-18-16-13/h2-3,8-9,17H,4-7H2,1H3,(H,23,24). The van der Waals surface area contributed by atoms with E-state index in [0.717, 1.165) is 11.5 Å². The van der Waals surface area contributed by atoms with E-state index in [1.165, 1.54) is 0 Å². The fourth-order valence-electron chi connectivity index (χ4n) is 2.72. The molecule has 9 nitrogen and oxygen atoms in total. The van der Waals surface area contributed by atoms with E-state index in [9.17, 15) is 13.8 Å². The number of nitrogens with one attached hydrogen (secondary N) is 1. The van der Waals surface area contributed by atoms with Gasteiger partial charge in [0.15, 0.2) is 5.69 Å². The summed E-state index contributed by atoms with van der Waals surface area (Å²) in [7, 11) is 0. The number of carbonyl (C=O) groups excluding carboxylic acids is 2. The van der Waals surface area contributed by atoms with Gasteiger partial charge in [0, 0.05) is 37.1 Å². The second kappa shape index (κ2) is 7.89. The molecule has 0 spiro atoms. The Hall–Kier alpha value is -2.37. The van der Waals surface area contributed by atoms with Gasteiger partial charge in [0.25, 0.3) is 23.1 Å². The number of carbonyl (C=O) groups is 2. The molecule has 1 fully saturated rings. The zero-order chi connectivity index (χ0) is 18.7. The summed E-state index contributed by atoms with van der Waals surface area (Å²) < 4.78 is 25.8. The smallest absolute Gasteiger partial charge is 0.275 e. The van der Waals surface area contributed by atoms with Crippen molar-refractivity contribution in [3.8, 4) is 0 Å². The third-order valence-electron chi connectivity index (χ3n) is 4.10. The molecule has 3 rings (SSSR count). The highest BCUT2D eigenvalue weighted by atomic mass is 32.2. The van der Waals surface area contributed by atoms with E-state index in [1.807, 2.05) is 0 Å². The zero-order valence-corrected chi connectivity index (χ0v) is 15.5. The van der Waals surface area contributed by atoms with Gasteiger partial charge in [0.2, 0.25) is 0 Å². The van der Waals surface area contributed by atoms with Crippen LogP contribution < -0.4 is 4.72 Å². The fraction of sp³-hybridized carbons (Fsp3) is 0.333. The maximum Gasteiger partial charge on any atom is 0.275 e. The average Bonchev–Trinajstić information content (AvgIpc) is 3.16. The molecule has 1 saturated heterocycles. The van der Waals surface area contributed by atoms with Crippen LogP contribution in [-0.4, -0.2) is 66.1 Å². The van der Waals surface area contributed by atoms with Gasteiger partial charge in [-0.25, -0.2) is 4.21 Å². The molecular formula is C15H17N5O4S2. The van der Waals surface area contributed by atoms with E-state index in [1.54, 1.807) is 40.3 Å². The Morgan fingerprint density at radius 2 is 1.85 bits per heavy atom. The lowest BCUT2D eigenvalue weighted by atomic mass is 10.1. The molecule has 1 aliphatic rings. The van der Waals surface area contributed by atoms with E-state index < -0.39 is 11.3 Å². The summed E-state index contributed by atoms with van der Waals surface area (Å²) in [5, 5.41) is 5.39. The van der Waals surface area contributed by atoms with Crippen molar-refractivity contribution in [3.05, 3.63) is 40.4 Å². The molecule has 1 unspecified atom stereocenters. The third kappa shape index (κ3) is 4.06. The summed E-state index contributed by atoms with van der Waals surface area (Å²) in [4.78, 5) is 28.3. The summed E-state index contributed by atoms with van der Waals surface area (Å²) in [6.45, 7) is 3.49. The van der Waals surface area contributed by atoms with Gasteiger partial charge in [-0.05, 0) is 42.2 Å². The van der Waals surface area contributed by atoms with Crippen molar-refractivity contribution >= 4 is 40.3 Å². The normalized spacial score (nSPS) is 15.6. The molecule has 1 atom stereocenters. The lowest BCUT2D eigenvalue weighted by molar-refractivity contribution is 0.0532. The van der Waals surface area contributed by atoms with Gasteiger partial charge in [-0.2, -0.15) is 0 Å². The Kier molecular flexibility index (Phi) is 5.59. The van der Waals surface area contributed by atoms with Gasteiger partial charge in [-0.3, -0.25) is 18.9 Å². The van der Waals surface area contributed by atoms with E-state index in [2.05, 4.69) is 14.3 Å². The number of anilines is 1. The van der Waals surface area contributed by atoms with Crippen molar-refractivity contribution in [2.45, 2.75) is 6.92 Å². The van der Waals surface area contributed by atoms with E-state index in [0.29, 0.717) is 48.7 Å². The second-order valence-electron chi connectivity index (χ2n) is 5.76. The molecule has 1 aliphatic heterocycles. The first kappa shape index (κ1) is 18.4. The molecule has 2 amide bonds. The van der Waals surface area contributed by atoms with Gasteiger partial charge in [0.1, 0.15) is 0 Å². The van der Waals surface area contributed by atoms with Gasteiger partial charge in [-0.1, -0.05) is 4.49 Å². The molecule has 2 aromatic rings. The Bertz CT molecular complexity index is 835. The Morgan fingerprint density at radius 3 is 2.38 bits per heavy atom. The number of rotatable bonds is 4. The van der Waals surface area contributed by atoms with Crippen molar-refractivity contribution in [3.63, 3.8) is 0 Å². The molecule has 2 N–H and O–H groups in total. The largest absolute Gasteiger partial charge is 0.335 e. The van der Waals surface area contributed by atoms with Crippen molar-refractivity contribution in [1.82, 2.24) is 19.4 Å². The molecular weight excluding hydrogens is 378 g/mol. The number of amides is 2. The Labute approximate surface area is 156 Å². The lowest BCUT2D eigenvalue weighted by Crippen LogP contribution is -2.50. The van der Waals surface area contributed by atoms with E-state index in [-0.39, 0.29) is 11.8 Å². The molecule has 0 aliphatic carbocycles. The number of aromatic nitrogens is 2. The molecule has 0 saturated carbocycles. The van der Waals surface area contributed by atoms with Gasteiger partial charge >= 0.3 is 0 Å². The predicted molar refractivity (Wildman–Crippen MR) is 97.3 cm³/mol. The van der Waals surface area contributed by atoms with Crippen LogP contribution in [0, 0.1) is 6.92 Å². The minimum atomic E-state index is -2.16. The quantitative estimate of drug-likeness (QED) is 0.746. The maximum absolute atomic E-state index is 12.7. The van der Waals surface area contributed by atoms with Crippen molar-refractivity contribution in [2.75, 3.05) is 30.9 Å². The first-order valence-corrected chi connectivity index (χ1v) is 9.74. The van der Waals surface area contributed by atoms with Crippen LogP contribution in [0.25, 0.3) is 0 Å². The van der Waals surface area contributed by atoms with Gasteiger partial charge < -0.3 is 9.80 Å². The van der Waals surface area contributed by atoms with Crippen molar-refractivity contribution in [1.29, 1.82) is 0 Å². The van der Waals surface area contributed by atoms with Crippen LogP contribution >= 0.6 is 11.5 Å². The average molecular weight is 395 g/mol. The number of hydrogen-bond donors (Lipinski definition) is 2. The molecule has 138 valence electrons. The van der Waals surface area contributed by atoms with Crippen LogP contribution in [0.3, 0.4) is 0 Å². The van der Waals surface area contributed by atoms with Gasteiger partial charge in [0.05, 0.1) is 5.69 Å². The topological polar surface area (TPSA) is 116 Å². The molecule has 1 aromatic heterocycles. The highest BCUT2D eigenvalue weighted by Crippen LogP contribution is 2.19. The molecule has 0 bridgehead atoms. The first-order chi connectivity index (χ1) is 12.5. The third-order valence-corrected chi connectivity index (χ3v) is 5.00.